The monoisotopic (exact) mass is 230 g/mol. The van der Waals surface area contributed by atoms with Gasteiger partial charge in [-0.25, -0.2) is 4.79 Å². The first-order valence-corrected chi connectivity index (χ1v) is 5.42. The Hall–Kier alpha value is -1.10. The molecular weight excluding hydrogens is 208 g/mol. The Morgan fingerprint density at radius 2 is 1.88 bits per heavy atom. The number of nitrogens with one attached hydrogen (secondary N) is 1. The molecule has 0 saturated carbocycles. The summed E-state index contributed by atoms with van der Waals surface area (Å²) in [5, 5.41) is 11.5. The maximum Gasteiger partial charge on any atom is 0.326 e. The number of carbonyl (C=O) groups is 2. The molecule has 94 valence electrons. The first-order valence-electron chi connectivity index (χ1n) is 5.42. The minimum atomic E-state index is -1.01. The van der Waals surface area contributed by atoms with E-state index in [-0.39, 0.29) is 18.4 Å². The van der Waals surface area contributed by atoms with Gasteiger partial charge < -0.3 is 16.2 Å². The second-order valence-electron chi connectivity index (χ2n) is 5.22. The second kappa shape index (κ2) is 5.84. The van der Waals surface area contributed by atoms with Gasteiger partial charge in [-0.3, -0.25) is 4.79 Å². The van der Waals surface area contributed by atoms with Crippen LogP contribution in [0, 0.1) is 5.41 Å². The van der Waals surface area contributed by atoms with Gasteiger partial charge in [0.2, 0.25) is 5.91 Å². The van der Waals surface area contributed by atoms with E-state index in [9.17, 15) is 9.59 Å². The molecule has 0 rings (SSSR count). The van der Waals surface area contributed by atoms with Gasteiger partial charge in [0.15, 0.2) is 0 Å². The molecule has 2 atom stereocenters. The summed E-state index contributed by atoms with van der Waals surface area (Å²) in [5.74, 6) is -1.28. The molecule has 0 aromatic carbocycles. The Labute approximate surface area is 96.4 Å². The third-order valence-corrected chi connectivity index (χ3v) is 2.25. The molecule has 0 fully saturated rings. The maximum atomic E-state index is 11.5. The first kappa shape index (κ1) is 14.9. The highest BCUT2D eigenvalue weighted by atomic mass is 16.4. The third-order valence-electron chi connectivity index (χ3n) is 2.25. The molecule has 0 aliphatic carbocycles. The third kappa shape index (κ3) is 5.70. The molecule has 0 aliphatic heterocycles. The quantitative estimate of drug-likeness (QED) is 0.649. The number of hydrogen-bond donors (Lipinski definition) is 3. The number of amides is 1. The second-order valence-corrected chi connectivity index (χ2v) is 5.22. The summed E-state index contributed by atoms with van der Waals surface area (Å²) in [6.07, 6.45) is 0.819. The van der Waals surface area contributed by atoms with Crippen molar-refractivity contribution < 1.29 is 14.7 Å². The van der Waals surface area contributed by atoms with E-state index in [2.05, 4.69) is 5.32 Å². The fraction of sp³-hybridized carbons (Fsp3) is 0.818. The van der Waals surface area contributed by atoms with Crippen LogP contribution in [0.25, 0.3) is 0 Å². The molecule has 0 heterocycles. The van der Waals surface area contributed by atoms with Gasteiger partial charge in [-0.1, -0.05) is 20.8 Å². The Morgan fingerprint density at radius 1 is 1.38 bits per heavy atom. The van der Waals surface area contributed by atoms with Crippen molar-refractivity contribution in [3.8, 4) is 0 Å². The van der Waals surface area contributed by atoms with Gasteiger partial charge in [0, 0.05) is 12.5 Å². The lowest BCUT2D eigenvalue weighted by molar-refractivity contribution is -0.144. The number of rotatable bonds is 5. The van der Waals surface area contributed by atoms with E-state index in [0.717, 1.165) is 0 Å². The normalized spacial score (nSPS) is 15.3. The lowest BCUT2D eigenvalue weighted by Crippen LogP contribution is -2.49. The van der Waals surface area contributed by atoms with E-state index >= 15 is 0 Å². The molecule has 0 aromatic rings. The van der Waals surface area contributed by atoms with Crippen molar-refractivity contribution in [1.82, 2.24) is 5.32 Å². The van der Waals surface area contributed by atoms with E-state index in [1.54, 1.807) is 20.8 Å². The topological polar surface area (TPSA) is 92.4 Å². The molecule has 1 amide bonds. The highest BCUT2D eigenvalue weighted by molar-refractivity contribution is 5.84. The summed E-state index contributed by atoms with van der Waals surface area (Å²) < 4.78 is 0. The van der Waals surface area contributed by atoms with E-state index in [0.29, 0.717) is 6.42 Å². The molecule has 0 saturated heterocycles. The van der Waals surface area contributed by atoms with Crippen molar-refractivity contribution in [2.24, 2.45) is 11.1 Å². The molecule has 0 radical (unpaired) electrons. The number of carboxylic acids is 1. The highest BCUT2D eigenvalue weighted by Gasteiger charge is 2.32. The molecule has 0 aliphatic rings. The van der Waals surface area contributed by atoms with Crippen molar-refractivity contribution in [1.29, 1.82) is 0 Å². The van der Waals surface area contributed by atoms with Crippen LogP contribution in [0.5, 0.6) is 0 Å². The number of carboxylic acid groups (broad SMARTS) is 1. The van der Waals surface area contributed by atoms with Crippen LogP contribution in [0.3, 0.4) is 0 Å². The van der Waals surface area contributed by atoms with Crippen LogP contribution in [-0.2, 0) is 9.59 Å². The number of carbonyl (C=O) groups excluding carboxylic acids is 1. The SMILES string of the molecule is CC(N)CCC(=O)N[C@H](C(=O)O)C(C)(C)C. The summed E-state index contributed by atoms with van der Waals surface area (Å²) in [5.41, 5.74) is 5.02. The van der Waals surface area contributed by atoms with Crippen LogP contribution >= 0.6 is 0 Å². The van der Waals surface area contributed by atoms with E-state index < -0.39 is 17.4 Å². The van der Waals surface area contributed by atoms with Gasteiger partial charge in [0.25, 0.3) is 0 Å². The van der Waals surface area contributed by atoms with Crippen LogP contribution in [0.4, 0.5) is 0 Å². The molecule has 0 bridgehead atoms. The predicted octanol–water partition coefficient (Wildman–Crippen LogP) is 0.729. The van der Waals surface area contributed by atoms with Gasteiger partial charge in [-0.15, -0.1) is 0 Å². The molecule has 1 unspecified atom stereocenters. The van der Waals surface area contributed by atoms with Crippen molar-refractivity contribution in [3.05, 3.63) is 0 Å². The van der Waals surface area contributed by atoms with Crippen LogP contribution in [0.1, 0.15) is 40.5 Å². The molecule has 0 aromatic heterocycles. The molecule has 0 spiro atoms. The zero-order valence-corrected chi connectivity index (χ0v) is 10.4. The van der Waals surface area contributed by atoms with Crippen molar-refractivity contribution in [2.75, 3.05) is 0 Å². The van der Waals surface area contributed by atoms with Crippen LogP contribution in [-0.4, -0.2) is 29.1 Å². The summed E-state index contributed by atoms with van der Waals surface area (Å²) >= 11 is 0. The van der Waals surface area contributed by atoms with Gasteiger partial charge in [-0.05, 0) is 18.8 Å². The highest BCUT2D eigenvalue weighted by Crippen LogP contribution is 2.19. The van der Waals surface area contributed by atoms with Gasteiger partial charge in [0.1, 0.15) is 6.04 Å². The minimum Gasteiger partial charge on any atom is -0.480 e. The average Bonchev–Trinajstić information content (AvgIpc) is 2.08. The minimum absolute atomic E-state index is 0.0522. The zero-order valence-electron chi connectivity index (χ0n) is 10.4. The predicted molar refractivity (Wildman–Crippen MR) is 61.9 cm³/mol. The fourth-order valence-electron chi connectivity index (χ4n) is 1.24. The van der Waals surface area contributed by atoms with Crippen molar-refractivity contribution >= 4 is 11.9 Å². The summed E-state index contributed by atoms with van der Waals surface area (Å²) in [6.45, 7) is 7.14. The molecular formula is C11H22N2O3. The van der Waals surface area contributed by atoms with Gasteiger partial charge in [0.05, 0.1) is 0 Å². The lowest BCUT2D eigenvalue weighted by Gasteiger charge is -2.27. The number of hydrogen-bond acceptors (Lipinski definition) is 3. The zero-order chi connectivity index (χ0) is 12.9. The van der Waals surface area contributed by atoms with Gasteiger partial charge >= 0.3 is 5.97 Å². The van der Waals surface area contributed by atoms with Crippen molar-refractivity contribution in [2.45, 2.75) is 52.6 Å². The molecule has 4 N–H and O–H groups in total. The average molecular weight is 230 g/mol. The Balaban J connectivity index is 4.32. The van der Waals surface area contributed by atoms with E-state index in [4.69, 9.17) is 10.8 Å². The summed E-state index contributed by atoms with van der Waals surface area (Å²) in [6, 6.07) is -0.920. The van der Waals surface area contributed by atoms with Crippen LogP contribution < -0.4 is 11.1 Å². The molecule has 5 nitrogen and oxygen atoms in total. The lowest BCUT2D eigenvalue weighted by atomic mass is 9.86. The number of nitrogens with two attached hydrogens (primary N) is 1. The van der Waals surface area contributed by atoms with Gasteiger partial charge in [-0.2, -0.15) is 0 Å². The smallest absolute Gasteiger partial charge is 0.326 e. The number of aliphatic carboxylic acids is 1. The van der Waals surface area contributed by atoms with Crippen molar-refractivity contribution in [3.63, 3.8) is 0 Å². The summed E-state index contributed by atoms with van der Waals surface area (Å²) in [4.78, 5) is 22.5. The maximum absolute atomic E-state index is 11.5. The fourth-order valence-corrected chi connectivity index (χ4v) is 1.24. The van der Waals surface area contributed by atoms with Crippen LogP contribution in [0.15, 0.2) is 0 Å². The standard InChI is InChI=1S/C11H22N2O3/c1-7(12)5-6-8(14)13-9(10(15)16)11(2,3)4/h7,9H,5-6,12H2,1-4H3,(H,13,14)(H,15,16)/t7?,9-/m1/s1. The van der Waals surface area contributed by atoms with E-state index in [1.165, 1.54) is 0 Å². The van der Waals surface area contributed by atoms with Crippen LogP contribution in [0.2, 0.25) is 0 Å². The first-order chi connectivity index (χ1) is 7.14. The summed E-state index contributed by atoms with van der Waals surface area (Å²) in [7, 11) is 0. The Kier molecular flexibility index (Phi) is 5.44. The Morgan fingerprint density at radius 3 is 2.19 bits per heavy atom. The van der Waals surface area contributed by atoms with E-state index in [1.807, 2.05) is 6.92 Å². The molecule has 16 heavy (non-hydrogen) atoms. The largest absolute Gasteiger partial charge is 0.480 e. The Bertz CT molecular complexity index is 256. The molecule has 5 heteroatoms.